The third-order valence-corrected chi connectivity index (χ3v) is 5.58. The minimum Gasteiger partial charge on any atom is -0.271 e. The first-order valence-electron chi connectivity index (χ1n) is 8.17. The van der Waals surface area contributed by atoms with Crippen LogP contribution in [0.2, 0.25) is 0 Å². The van der Waals surface area contributed by atoms with Gasteiger partial charge in [0.25, 0.3) is 0 Å². The van der Waals surface area contributed by atoms with Gasteiger partial charge in [0, 0.05) is 12.7 Å². The molecule has 0 bridgehead atoms. The van der Waals surface area contributed by atoms with Gasteiger partial charge in [-0.05, 0) is 25.0 Å². The number of nitrogens with zero attached hydrogens (tertiary/aromatic N) is 2. The Morgan fingerprint density at radius 1 is 1.00 bits per heavy atom. The molecule has 0 aliphatic heterocycles. The molecule has 1 aromatic heterocycles. The third kappa shape index (κ3) is 3.81. The first-order chi connectivity index (χ1) is 12.0. The molecule has 0 spiro atoms. The summed E-state index contributed by atoms with van der Waals surface area (Å²) in [4.78, 5) is 0.214. The van der Waals surface area contributed by atoms with Crippen molar-refractivity contribution in [2.24, 2.45) is 0 Å². The summed E-state index contributed by atoms with van der Waals surface area (Å²) in [6, 6.07) is 18.7. The summed E-state index contributed by atoms with van der Waals surface area (Å²) in [5, 5.41) is 4.25. The quantitative estimate of drug-likeness (QED) is 0.738. The number of nitrogens with one attached hydrogen (secondary N) is 1. The average molecular weight is 355 g/mol. The summed E-state index contributed by atoms with van der Waals surface area (Å²) in [6.45, 7) is 4.25. The van der Waals surface area contributed by atoms with E-state index in [1.807, 2.05) is 67.6 Å². The van der Waals surface area contributed by atoms with Crippen molar-refractivity contribution in [3.05, 3.63) is 83.7 Å². The lowest BCUT2D eigenvalue weighted by Gasteiger charge is -2.19. The van der Waals surface area contributed by atoms with Crippen molar-refractivity contribution < 1.29 is 8.42 Å². The van der Waals surface area contributed by atoms with Crippen LogP contribution in [-0.4, -0.2) is 18.2 Å². The molecule has 0 saturated heterocycles. The lowest BCUT2D eigenvalue weighted by atomic mass is 10.00. The highest BCUT2D eigenvalue weighted by Gasteiger charge is 2.25. The van der Waals surface area contributed by atoms with Crippen LogP contribution in [0.5, 0.6) is 0 Å². The fraction of sp³-hybridized carbons (Fsp3) is 0.211. The predicted octanol–water partition coefficient (Wildman–Crippen LogP) is 3.28. The zero-order chi connectivity index (χ0) is 17.9. The predicted molar refractivity (Wildman–Crippen MR) is 97.7 cm³/mol. The van der Waals surface area contributed by atoms with Crippen LogP contribution in [-0.2, 0) is 16.6 Å². The van der Waals surface area contributed by atoms with Gasteiger partial charge in [-0.3, -0.25) is 4.68 Å². The summed E-state index contributed by atoms with van der Waals surface area (Å²) in [6.07, 6.45) is 1.57. The van der Waals surface area contributed by atoms with E-state index in [9.17, 15) is 8.42 Å². The summed E-state index contributed by atoms with van der Waals surface area (Å²) >= 11 is 0. The van der Waals surface area contributed by atoms with Crippen molar-refractivity contribution in [2.75, 3.05) is 0 Å². The molecule has 1 heterocycles. The molecule has 130 valence electrons. The molecule has 0 fully saturated rings. The molecule has 0 aliphatic rings. The topological polar surface area (TPSA) is 64.0 Å². The van der Waals surface area contributed by atoms with Crippen LogP contribution in [0.15, 0.2) is 71.8 Å². The SMILES string of the molecule is CCn1cc(S(=O)(=O)NC(c2ccccc2)c2ccccc2)c(C)n1. The van der Waals surface area contributed by atoms with Gasteiger partial charge in [0.15, 0.2) is 0 Å². The van der Waals surface area contributed by atoms with Crippen molar-refractivity contribution in [1.29, 1.82) is 0 Å². The first-order valence-corrected chi connectivity index (χ1v) is 9.66. The molecule has 0 amide bonds. The second-order valence-corrected chi connectivity index (χ2v) is 7.49. The number of aromatic nitrogens is 2. The Hall–Kier alpha value is -2.44. The smallest absolute Gasteiger partial charge is 0.244 e. The maximum Gasteiger partial charge on any atom is 0.244 e. The number of aryl methyl sites for hydroxylation is 2. The molecule has 3 aromatic rings. The van der Waals surface area contributed by atoms with E-state index in [-0.39, 0.29) is 4.90 Å². The molecule has 1 N–H and O–H groups in total. The summed E-state index contributed by atoms with van der Waals surface area (Å²) < 4.78 is 30.4. The van der Waals surface area contributed by atoms with Crippen LogP contribution in [0.25, 0.3) is 0 Å². The highest BCUT2D eigenvalue weighted by atomic mass is 32.2. The summed E-state index contributed by atoms with van der Waals surface area (Å²) in [7, 11) is -3.71. The number of benzene rings is 2. The van der Waals surface area contributed by atoms with E-state index in [0.29, 0.717) is 12.2 Å². The van der Waals surface area contributed by atoms with Gasteiger partial charge in [0.2, 0.25) is 10.0 Å². The fourth-order valence-electron chi connectivity index (χ4n) is 2.76. The van der Waals surface area contributed by atoms with Gasteiger partial charge in [-0.15, -0.1) is 0 Å². The van der Waals surface area contributed by atoms with Crippen molar-refractivity contribution in [3.8, 4) is 0 Å². The van der Waals surface area contributed by atoms with Gasteiger partial charge in [0.05, 0.1) is 11.7 Å². The Balaban J connectivity index is 2.01. The Morgan fingerprint density at radius 3 is 1.96 bits per heavy atom. The van der Waals surface area contributed by atoms with Crippen LogP contribution < -0.4 is 4.72 Å². The van der Waals surface area contributed by atoms with E-state index in [0.717, 1.165) is 11.1 Å². The number of hydrogen-bond donors (Lipinski definition) is 1. The Morgan fingerprint density at radius 2 is 1.52 bits per heavy atom. The van der Waals surface area contributed by atoms with Crippen LogP contribution in [0.3, 0.4) is 0 Å². The van der Waals surface area contributed by atoms with Crippen LogP contribution in [0, 0.1) is 6.92 Å². The van der Waals surface area contributed by atoms with Gasteiger partial charge >= 0.3 is 0 Å². The van der Waals surface area contributed by atoms with Gasteiger partial charge in [0.1, 0.15) is 4.90 Å². The normalized spacial score (nSPS) is 11.8. The van der Waals surface area contributed by atoms with E-state index in [4.69, 9.17) is 0 Å². The molecule has 3 rings (SSSR count). The second-order valence-electron chi connectivity index (χ2n) is 5.81. The van der Waals surface area contributed by atoms with Crippen molar-refractivity contribution >= 4 is 10.0 Å². The van der Waals surface area contributed by atoms with Gasteiger partial charge < -0.3 is 0 Å². The van der Waals surface area contributed by atoms with Gasteiger partial charge in [-0.1, -0.05) is 60.7 Å². The van der Waals surface area contributed by atoms with E-state index >= 15 is 0 Å². The van der Waals surface area contributed by atoms with E-state index in [1.54, 1.807) is 17.8 Å². The van der Waals surface area contributed by atoms with Gasteiger partial charge in [-0.2, -0.15) is 9.82 Å². The summed E-state index contributed by atoms with van der Waals surface area (Å²) in [5.41, 5.74) is 2.27. The maximum atomic E-state index is 13.0. The van der Waals surface area contributed by atoms with E-state index in [1.165, 1.54) is 0 Å². The zero-order valence-corrected chi connectivity index (χ0v) is 15.1. The maximum absolute atomic E-state index is 13.0. The monoisotopic (exact) mass is 355 g/mol. The number of sulfonamides is 1. The molecule has 0 atom stereocenters. The van der Waals surface area contributed by atoms with Crippen molar-refractivity contribution in [3.63, 3.8) is 0 Å². The van der Waals surface area contributed by atoms with Crippen LogP contribution >= 0.6 is 0 Å². The standard InChI is InChI=1S/C19H21N3O2S/c1-3-22-14-18(15(2)20-22)25(23,24)21-19(16-10-6-4-7-11-16)17-12-8-5-9-13-17/h4-14,19,21H,3H2,1-2H3. The lowest BCUT2D eigenvalue weighted by Crippen LogP contribution is -2.29. The Bertz CT molecular complexity index is 896. The minimum absolute atomic E-state index is 0.214. The molecule has 0 saturated carbocycles. The molecule has 0 radical (unpaired) electrons. The molecule has 25 heavy (non-hydrogen) atoms. The molecular weight excluding hydrogens is 334 g/mol. The van der Waals surface area contributed by atoms with Crippen molar-refractivity contribution in [2.45, 2.75) is 31.3 Å². The fourth-order valence-corrected chi connectivity index (χ4v) is 4.16. The van der Waals surface area contributed by atoms with E-state index < -0.39 is 16.1 Å². The molecule has 0 unspecified atom stereocenters. The third-order valence-electron chi connectivity index (χ3n) is 4.05. The van der Waals surface area contributed by atoms with Crippen molar-refractivity contribution in [1.82, 2.24) is 14.5 Å². The molecule has 5 nitrogen and oxygen atoms in total. The lowest BCUT2D eigenvalue weighted by molar-refractivity contribution is 0.571. The molecule has 0 aliphatic carbocycles. The molecular formula is C19H21N3O2S. The van der Waals surface area contributed by atoms with E-state index in [2.05, 4.69) is 9.82 Å². The average Bonchev–Trinajstić information content (AvgIpc) is 3.03. The zero-order valence-electron chi connectivity index (χ0n) is 14.3. The second kappa shape index (κ2) is 7.21. The number of hydrogen-bond acceptors (Lipinski definition) is 3. The summed E-state index contributed by atoms with van der Waals surface area (Å²) in [5.74, 6) is 0. The first kappa shape index (κ1) is 17.4. The Labute approximate surface area is 148 Å². The van der Waals surface area contributed by atoms with Crippen LogP contribution in [0.4, 0.5) is 0 Å². The molecule has 6 heteroatoms. The molecule has 2 aromatic carbocycles. The van der Waals surface area contributed by atoms with Gasteiger partial charge in [-0.25, -0.2) is 8.42 Å². The largest absolute Gasteiger partial charge is 0.271 e. The highest BCUT2D eigenvalue weighted by molar-refractivity contribution is 7.89. The van der Waals surface area contributed by atoms with Crippen LogP contribution in [0.1, 0.15) is 29.8 Å². The Kier molecular flexibility index (Phi) is 5.01. The number of rotatable bonds is 6. The highest BCUT2D eigenvalue weighted by Crippen LogP contribution is 2.25. The minimum atomic E-state index is -3.71.